The summed E-state index contributed by atoms with van der Waals surface area (Å²) < 4.78 is 28.2. The second kappa shape index (κ2) is 6.41. The van der Waals surface area contributed by atoms with Crippen LogP contribution in [0.1, 0.15) is 23.6 Å². The van der Waals surface area contributed by atoms with Gasteiger partial charge in [0, 0.05) is 44.4 Å². The Balaban J connectivity index is 2.35. The summed E-state index contributed by atoms with van der Waals surface area (Å²) in [6.45, 7) is 4.62. The van der Waals surface area contributed by atoms with Gasteiger partial charge in [0.05, 0.1) is 0 Å². The van der Waals surface area contributed by atoms with Crippen LogP contribution in [0.5, 0.6) is 0 Å². The van der Waals surface area contributed by atoms with Crippen LogP contribution in [-0.4, -0.2) is 42.8 Å². The van der Waals surface area contributed by atoms with Crippen molar-refractivity contribution in [2.45, 2.75) is 19.4 Å². The number of halogens is 2. The molecule has 5 heteroatoms. The van der Waals surface area contributed by atoms with E-state index in [1.165, 1.54) is 12.1 Å². The van der Waals surface area contributed by atoms with Crippen LogP contribution in [0.3, 0.4) is 0 Å². The molecular weight excluding hydrogens is 250 g/mol. The molecule has 1 atom stereocenters. The first-order valence-electron chi connectivity index (χ1n) is 6.65. The number of aliphatic hydroxyl groups is 1. The van der Waals surface area contributed by atoms with E-state index >= 15 is 0 Å². The van der Waals surface area contributed by atoms with Gasteiger partial charge in [0.1, 0.15) is 11.6 Å². The molecule has 19 heavy (non-hydrogen) atoms. The van der Waals surface area contributed by atoms with Gasteiger partial charge in [-0.1, -0.05) is 6.07 Å². The van der Waals surface area contributed by atoms with E-state index in [0.717, 1.165) is 26.2 Å². The van der Waals surface area contributed by atoms with Crippen LogP contribution in [0.15, 0.2) is 12.1 Å². The second-order valence-corrected chi connectivity index (χ2v) is 4.91. The van der Waals surface area contributed by atoms with E-state index in [2.05, 4.69) is 5.32 Å². The fourth-order valence-electron chi connectivity index (χ4n) is 2.61. The van der Waals surface area contributed by atoms with E-state index in [9.17, 15) is 13.9 Å². The molecule has 0 bridgehead atoms. The smallest absolute Gasteiger partial charge is 0.133 e. The first kappa shape index (κ1) is 14.4. The molecule has 0 saturated carbocycles. The predicted molar refractivity (Wildman–Crippen MR) is 70.0 cm³/mol. The van der Waals surface area contributed by atoms with Crippen LogP contribution in [-0.2, 0) is 0 Å². The van der Waals surface area contributed by atoms with Crippen molar-refractivity contribution >= 4 is 0 Å². The molecule has 1 aliphatic heterocycles. The summed E-state index contributed by atoms with van der Waals surface area (Å²) in [4.78, 5) is 2.04. The van der Waals surface area contributed by atoms with Gasteiger partial charge in [-0.2, -0.15) is 0 Å². The van der Waals surface area contributed by atoms with Crippen LogP contribution in [0.2, 0.25) is 0 Å². The third kappa shape index (κ3) is 3.11. The second-order valence-electron chi connectivity index (χ2n) is 4.91. The quantitative estimate of drug-likeness (QED) is 0.872. The van der Waals surface area contributed by atoms with Gasteiger partial charge in [0.15, 0.2) is 0 Å². The third-order valence-electron chi connectivity index (χ3n) is 3.65. The normalized spacial score (nSPS) is 18.5. The highest BCUT2D eigenvalue weighted by Crippen LogP contribution is 2.30. The molecule has 106 valence electrons. The summed E-state index contributed by atoms with van der Waals surface area (Å²) in [5, 5.41) is 12.4. The number of piperazine rings is 1. The van der Waals surface area contributed by atoms with Crippen molar-refractivity contribution in [3.63, 3.8) is 0 Å². The number of benzene rings is 1. The summed E-state index contributed by atoms with van der Waals surface area (Å²) in [5.41, 5.74) is 0.533. The molecule has 1 aliphatic rings. The number of nitrogens with zero attached hydrogens (tertiary/aromatic N) is 1. The Morgan fingerprint density at radius 3 is 2.63 bits per heavy atom. The molecule has 1 saturated heterocycles. The molecule has 1 heterocycles. The number of hydrogen-bond donors (Lipinski definition) is 2. The molecule has 0 amide bonds. The van der Waals surface area contributed by atoms with E-state index in [0.29, 0.717) is 12.0 Å². The molecular formula is C14H20F2N2O. The topological polar surface area (TPSA) is 35.5 Å². The van der Waals surface area contributed by atoms with Crippen LogP contribution < -0.4 is 5.32 Å². The lowest BCUT2D eigenvalue weighted by Gasteiger charge is -2.35. The predicted octanol–water partition coefficient (Wildman–Crippen LogP) is 1.60. The molecule has 0 spiro atoms. The van der Waals surface area contributed by atoms with Gasteiger partial charge in [-0.15, -0.1) is 0 Å². The fraction of sp³-hybridized carbons (Fsp3) is 0.571. The van der Waals surface area contributed by atoms with Crippen molar-refractivity contribution in [2.75, 3.05) is 32.8 Å². The van der Waals surface area contributed by atoms with E-state index in [4.69, 9.17) is 0 Å². The average molecular weight is 270 g/mol. The Morgan fingerprint density at radius 1 is 1.32 bits per heavy atom. The van der Waals surface area contributed by atoms with Crippen molar-refractivity contribution in [1.82, 2.24) is 10.2 Å². The van der Waals surface area contributed by atoms with Gasteiger partial charge in [0.25, 0.3) is 0 Å². The Bertz CT molecular complexity index is 434. The Kier molecular flexibility index (Phi) is 4.85. The van der Waals surface area contributed by atoms with Crippen LogP contribution in [0.4, 0.5) is 8.78 Å². The highest BCUT2D eigenvalue weighted by atomic mass is 19.1. The molecule has 3 nitrogen and oxygen atoms in total. The highest BCUT2D eigenvalue weighted by molar-refractivity contribution is 5.29. The minimum atomic E-state index is -0.528. The minimum Gasteiger partial charge on any atom is -0.396 e. The van der Waals surface area contributed by atoms with Crippen molar-refractivity contribution < 1.29 is 13.9 Å². The number of rotatable bonds is 4. The maximum absolute atomic E-state index is 14.2. The summed E-state index contributed by atoms with van der Waals surface area (Å²) in [6, 6.07) is 2.36. The monoisotopic (exact) mass is 270 g/mol. The van der Waals surface area contributed by atoms with E-state index < -0.39 is 17.7 Å². The number of nitrogens with one attached hydrogen (secondary N) is 1. The zero-order chi connectivity index (χ0) is 13.8. The molecule has 0 unspecified atom stereocenters. The zero-order valence-electron chi connectivity index (χ0n) is 11.1. The molecule has 1 aromatic rings. The van der Waals surface area contributed by atoms with Gasteiger partial charge in [-0.05, 0) is 25.0 Å². The average Bonchev–Trinajstić information content (AvgIpc) is 2.43. The number of hydrogen-bond acceptors (Lipinski definition) is 3. The van der Waals surface area contributed by atoms with Crippen molar-refractivity contribution in [2.24, 2.45) is 0 Å². The summed E-state index contributed by atoms with van der Waals surface area (Å²) >= 11 is 0. The maximum atomic E-state index is 14.2. The van der Waals surface area contributed by atoms with Crippen LogP contribution in [0.25, 0.3) is 0 Å². The molecule has 2 N–H and O–H groups in total. The molecule has 0 aliphatic carbocycles. The molecule has 1 fully saturated rings. The first-order valence-corrected chi connectivity index (χ1v) is 6.65. The van der Waals surface area contributed by atoms with E-state index in [-0.39, 0.29) is 12.2 Å². The summed E-state index contributed by atoms with van der Waals surface area (Å²) in [5.74, 6) is -1.02. The standard InChI is InChI=1S/C14H20F2N2O/c1-10-2-3-11(15)13(14(10)16)12(4-9-19)18-7-5-17-6-8-18/h2-3,12,17,19H,4-9H2,1H3/t12-/m1/s1. The molecule has 1 aromatic carbocycles. The fourth-order valence-corrected chi connectivity index (χ4v) is 2.61. The highest BCUT2D eigenvalue weighted by Gasteiger charge is 2.27. The lowest BCUT2D eigenvalue weighted by molar-refractivity contribution is 0.135. The largest absolute Gasteiger partial charge is 0.396 e. The van der Waals surface area contributed by atoms with Gasteiger partial charge in [0.2, 0.25) is 0 Å². The number of aryl methyl sites for hydroxylation is 1. The summed E-state index contributed by atoms with van der Waals surface area (Å²) in [6.07, 6.45) is 0.345. The van der Waals surface area contributed by atoms with Gasteiger partial charge < -0.3 is 10.4 Å². The van der Waals surface area contributed by atoms with Crippen molar-refractivity contribution in [3.05, 3.63) is 34.9 Å². The lowest BCUT2D eigenvalue weighted by Crippen LogP contribution is -2.45. The first-order chi connectivity index (χ1) is 9.15. The lowest BCUT2D eigenvalue weighted by atomic mass is 9.98. The third-order valence-corrected chi connectivity index (χ3v) is 3.65. The SMILES string of the molecule is Cc1ccc(F)c([C@@H](CCO)N2CCNCC2)c1F. The zero-order valence-corrected chi connectivity index (χ0v) is 11.1. The molecule has 2 rings (SSSR count). The van der Waals surface area contributed by atoms with Crippen LogP contribution in [0, 0.1) is 18.6 Å². The molecule has 0 aromatic heterocycles. The minimum absolute atomic E-state index is 0.0819. The van der Waals surface area contributed by atoms with Gasteiger partial charge in [-0.3, -0.25) is 4.90 Å². The van der Waals surface area contributed by atoms with Crippen molar-refractivity contribution in [3.8, 4) is 0 Å². The Hall–Kier alpha value is -1.04. The maximum Gasteiger partial charge on any atom is 0.133 e. The Morgan fingerprint density at radius 2 is 2.00 bits per heavy atom. The van der Waals surface area contributed by atoms with Crippen molar-refractivity contribution in [1.29, 1.82) is 0 Å². The van der Waals surface area contributed by atoms with Gasteiger partial charge >= 0.3 is 0 Å². The van der Waals surface area contributed by atoms with E-state index in [1.54, 1.807) is 6.92 Å². The number of aliphatic hydroxyl groups excluding tert-OH is 1. The van der Waals surface area contributed by atoms with Gasteiger partial charge in [-0.25, -0.2) is 8.78 Å². The molecule has 0 radical (unpaired) electrons. The Labute approximate surface area is 112 Å². The summed E-state index contributed by atoms with van der Waals surface area (Å²) in [7, 11) is 0. The van der Waals surface area contributed by atoms with Crippen LogP contribution >= 0.6 is 0 Å². The van der Waals surface area contributed by atoms with E-state index in [1.807, 2.05) is 4.90 Å².